The number of anilines is 1. The number of halogens is 1. The van der Waals surface area contributed by atoms with E-state index in [-0.39, 0.29) is 5.78 Å². The summed E-state index contributed by atoms with van der Waals surface area (Å²) >= 11 is 6.18. The first-order valence-electron chi connectivity index (χ1n) is 11.5. The van der Waals surface area contributed by atoms with Gasteiger partial charge in [0.25, 0.3) is 0 Å². The molecular weight excluding hydrogens is 450 g/mol. The lowest BCUT2D eigenvalue weighted by molar-refractivity contribution is 0.0225. The number of aryl methyl sites for hydroxylation is 2. The Kier molecular flexibility index (Phi) is 4.85. The zero-order valence-electron chi connectivity index (χ0n) is 19.1. The van der Waals surface area contributed by atoms with Gasteiger partial charge in [-0.25, -0.2) is 14.6 Å². The van der Waals surface area contributed by atoms with E-state index in [1.54, 1.807) is 17.2 Å². The molecule has 6 rings (SSSR count). The number of hydrogen-bond donors (Lipinski definition) is 0. The molecule has 0 bridgehead atoms. The number of carbonyl (C=O) groups is 1. The molecule has 2 aromatic carbocycles. The first kappa shape index (κ1) is 21.1. The Bertz CT molecular complexity index is 1440. The van der Waals surface area contributed by atoms with Crippen molar-refractivity contribution in [2.24, 2.45) is 0 Å². The smallest absolute Gasteiger partial charge is 0.170 e. The maximum atomic E-state index is 13.0. The van der Waals surface area contributed by atoms with Crippen molar-refractivity contribution >= 4 is 34.2 Å². The predicted molar refractivity (Wildman–Crippen MR) is 131 cm³/mol. The molecule has 1 fully saturated rings. The summed E-state index contributed by atoms with van der Waals surface area (Å²) in [6, 6.07) is 11.6. The summed E-state index contributed by atoms with van der Waals surface area (Å²) in [6.45, 7) is 5.51. The van der Waals surface area contributed by atoms with Crippen molar-refractivity contribution in [1.29, 1.82) is 0 Å². The van der Waals surface area contributed by atoms with Crippen LogP contribution < -0.4 is 9.64 Å². The van der Waals surface area contributed by atoms with E-state index < -0.39 is 5.60 Å². The van der Waals surface area contributed by atoms with E-state index in [0.717, 1.165) is 70.9 Å². The van der Waals surface area contributed by atoms with Gasteiger partial charge in [-0.2, -0.15) is 5.10 Å². The molecule has 8 heteroatoms. The van der Waals surface area contributed by atoms with Gasteiger partial charge in [0.2, 0.25) is 0 Å². The number of hydrogen-bond acceptors (Lipinski definition) is 6. The van der Waals surface area contributed by atoms with Crippen molar-refractivity contribution < 1.29 is 9.53 Å². The van der Waals surface area contributed by atoms with Gasteiger partial charge in [-0.3, -0.25) is 4.79 Å². The lowest BCUT2D eigenvalue weighted by Gasteiger charge is -2.44. The van der Waals surface area contributed by atoms with Crippen LogP contribution in [0.4, 0.5) is 5.82 Å². The highest BCUT2D eigenvalue weighted by molar-refractivity contribution is 6.30. The molecule has 4 aromatic rings. The zero-order chi connectivity index (χ0) is 23.4. The summed E-state index contributed by atoms with van der Waals surface area (Å²) in [5.74, 6) is 1.78. The third kappa shape index (κ3) is 3.42. The standard InChI is InChI=1S/C26H24ClN5O2/c1-16-10-17(2)23-20(11-16)22(33)13-26(34-23)6-8-31(9-7-26)24-21-14-30-32(25(21)29-15-28-24)19-5-3-4-18(27)12-19/h3-5,10-12,14-15H,6-9,13H2,1-2H3. The lowest BCUT2D eigenvalue weighted by atomic mass is 9.81. The average Bonchev–Trinajstić information content (AvgIpc) is 3.25. The van der Waals surface area contributed by atoms with Crippen LogP contribution in [-0.2, 0) is 0 Å². The van der Waals surface area contributed by atoms with Gasteiger partial charge in [0, 0.05) is 31.0 Å². The van der Waals surface area contributed by atoms with E-state index in [9.17, 15) is 4.79 Å². The number of ether oxygens (including phenoxy) is 1. The first-order chi connectivity index (χ1) is 16.4. The van der Waals surface area contributed by atoms with Crippen LogP contribution in [0.25, 0.3) is 16.7 Å². The Hall–Kier alpha value is -3.45. The third-order valence-electron chi connectivity index (χ3n) is 6.89. The minimum atomic E-state index is -0.461. The Labute approximate surface area is 202 Å². The third-order valence-corrected chi connectivity index (χ3v) is 7.13. The van der Waals surface area contributed by atoms with Gasteiger partial charge in [0.1, 0.15) is 23.5 Å². The van der Waals surface area contributed by atoms with E-state index in [1.165, 1.54) is 0 Å². The molecule has 2 aliphatic rings. The van der Waals surface area contributed by atoms with E-state index in [2.05, 4.69) is 26.0 Å². The molecule has 4 heterocycles. The molecule has 0 aliphatic carbocycles. The second kappa shape index (κ2) is 7.81. The Balaban J connectivity index is 1.28. The summed E-state index contributed by atoms with van der Waals surface area (Å²) in [7, 11) is 0. The van der Waals surface area contributed by atoms with Crippen LogP contribution in [0, 0.1) is 13.8 Å². The normalized spacial score (nSPS) is 17.1. The molecule has 1 spiro atoms. The average molecular weight is 474 g/mol. The molecular formula is C26H24ClN5O2. The van der Waals surface area contributed by atoms with Crippen LogP contribution in [-0.4, -0.2) is 44.2 Å². The largest absolute Gasteiger partial charge is 0.486 e. The van der Waals surface area contributed by atoms with Gasteiger partial charge in [0.05, 0.1) is 29.3 Å². The topological polar surface area (TPSA) is 73.1 Å². The Morgan fingerprint density at radius 2 is 1.91 bits per heavy atom. The molecule has 2 aromatic heterocycles. The van der Waals surface area contributed by atoms with E-state index in [0.29, 0.717) is 11.4 Å². The summed E-state index contributed by atoms with van der Waals surface area (Å²) < 4.78 is 8.33. The van der Waals surface area contributed by atoms with Gasteiger partial charge in [0.15, 0.2) is 11.4 Å². The highest BCUT2D eigenvalue weighted by Gasteiger charge is 2.44. The molecule has 2 aliphatic heterocycles. The number of nitrogens with zero attached hydrogens (tertiary/aromatic N) is 5. The van der Waals surface area contributed by atoms with Gasteiger partial charge < -0.3 is 9.64 Å². The molecule has 34 heavy (non-hydrogen) atoms. The molecule has 0 amide bonds. The minimum absolute atomic E-state index is 0.175. The molecule has 1 saturated heterocycles. The van der Waals surface area contributed by atoms with E-state index in [1.807, 2.05) is 44.2 Å². The number of rotatable bonds is 2. The number of benzene rings is 2. The van der Waals surface area contributed by atoms with E-state index >= 15 is 0 Å². The second-order valence-corrected chi connectivity index (χ2v) is 9.74. The zero-order valence-corrected chi connectivity index (χ0v) is 19.8. The number of carbonyl (C=O) groups excluding carboxylic acids is 1. The van der Waals surface area contributed by atoms with Crippen molar-refractivity contribution in [1.82, 2.24) is 19.7 Å². The van der Waals surface area contributed by atoms with Crippen molar-refractivity contribution in [2.75, 3.05) is 18.0 Å². The van der Waals surface area contributed by atoms with Crippen molar-refractivity contribution in [3.63, 3.8) is 0 Å². The molecule has 0 atom stereocenters. The van der Waals surface area contributed by atoms with Crippen molar-refractivity contribution in [3.05, 3.63) is 70.6 Å². The van der Waals surface area contributed by atoms with Crippen LogP contribution in [0.3, 0.4) is 0 Å². The number of fused-ring (bicyclic) bond motifs is 2. The van der Waals surface area contributed by atoms with Gasteiger partial charge in [-0.1, -0.05) is 23.7 Å². The van der Waals surface area contributed by atoms with Gasteiger partial charge >= 0.3 is 0 Å². The van der Waals surface area contributed by atoms with Crippen LogP contribution in [0.1, 0.15) is 40.7 Å². The molecule has 172 valence electrons. The molecule has 0 saturated carbocycles. The Morgan fingerprint density at radius 1 is 1.09 bits per heavy atom. The fraction of sp³-hybridized carbons (Fsp3) is 0.308. The predicted octanol–water partition coefficient (Wildman–Crippen LogP) is 5.09. The monoisotopic (exact) mass is 473 g/mol. The minimum Gasteiger partial charge on any atom is -0.486 e. The van der Waals surface area contributed by atoms with Crippen LogP contribution >= 0.6 is 11.6 Å². The summed E-state index contributed by atoms with van der Waals surface area (Å²) in [6.07, 6.45) is 5.30. The number of ketones is 1. The van der Waals surface area contributed by atoms with Crippen molar-refractivity contribution in [3.8, 4) is 11.4 Å². The molecule has 0 radical (unpaired) electrons. The first-order valence-corrected chi connectivity index (χ1v) is 11.8. The van der Waals surface area contributed by atoms with Crippen LogP contribution in [0.15, 0.2) is 48.9 Å². The fourth-order valence-corrected chi connectivity index (χ4v) is 5.41. The number of aromatic nitrogens is 4. The highest BCUT2D eigenvalue weighted by Crippen LogP contribution is 2.42. The molecule has 7 nitrogen and oxygen atoms in total. The molecule has 0 N–H and O–H groups in total. The maximum absolute atomic E-state index is 13.0. The van der Waals surface area contributed by atoms with Gasteiger partial charge in [-0.15, -0.1) is 0 Å². The quantitative estimate of drug-likeness (QED) is 0.403. The van der Waals surface area contributed by atoms with E-state index in [4.69, 9.17) is 16.3 Å². The lowest BCUT2D eigenvalue weighted by Crippen LogP contribution is -2.51. The fourth-order valence-electron chi connectivity index (χ4n) is 5.22. The highest BCUT2D eigenvalue weighted by atomic mass is 35.5. The SMILES string of the molecule is Cc1cc(C)c2c(c1)C(=O)CC1(CCN(c3ncnc4c3cnn4-c3cccc(Cl)c3)CC1)O2. The maximum Gasteiger partial charge on any atom is 0.170 e. The number of Topliss-reactive ketones (excluding diaryl/α,β-unsaturated/α-hetero) is 1. The summed E-state index contributed by atoms with van der Waals surface area (Å²) in [5.41, 5.74) is 3.95. The summed E-state index contributed by atoms with van der Waals surface area (Å²) in [4.78, 5) is 24.3. The van der Waals surface area contributed by atoms with Gasteiger partial charge in [-0.05, 0) is 49.2 Å². The number of piperidine rings is 1. The second-order valence-electron chi connectivity index (χ2n) is 9.30. The Morgan fingerprint density at radius 3 is 2.71 bits per heavy atom. The van der Waals surface area contributed by atoms with Crippen LogP contribution in [0.2, 0.25) is 5.02 Å². The summed E-state index contributed by atoms with van der Waals surface area (Å²) in [5, 5.41) is 6.09. The van der Waals surface area contributed by atoms with Crippen molar-refractivity contribution in [2.45, 2.75) is 38.7 Å². The van der Waals surface area contributed by atoms with Crippen LogP contribution in [0.5, 0.6) is 5.75 Å². The molecule has 0 unspecified atom stereocenters.